The van der Waals surface area contributed by atoms with Gasteiger partial charge in [-0.1, -0.05) is 38.1 Å². The lowest BCUT2D eigenvalue weighted by molar-refractivity contribution is 0.0730. The van der Waals surface area contributed by atoms with Crippen molar-refractivity contribution >= 4 is 5.97 Å². The lowest BCUT2D eigenvalue weighted by Gasteiger charge is -2.10. The number of benzene rings is 2. The van der Waals surface area contributed by atoms with Crippen LogP contribution < -0.4 is 9.47 Å². The van der Waals surface area contributed by atoms with E-state index in [4.69, 9.17) is 9.47 Å². The van der Waals surface area contributed by atoms with Crippen molar-refractivity contribution in [3.63, 3.8) is 0 Å². The molecule has 0 aromatic heterocycles. The van der Waals surface area contributed by atoms with Crippen LogP contribution >= 0.6 is 0 Å². The second-order valence-electron chi connectivity index (χ2n) is 5.04. The van der Waals surface area contributed by atoms with E-state index in [1.54, 1.807) is 18.2 Å². The molecule has 0 bridgehead atoms. The van der Waals surface area contributed by atoms with Gasteiger partial charge in [0.15, 0.2) is 0 Å². The van der Waals surface area contributed by atoms with E-state index in [-0.39, 0.29) is 0 Å². The Morgan fingerprint density at radius 1 is 1.05 bits per heavy atom. The minimum atomic E-state index is -0.406. The van der Waals surface area contributed by atoms with Gasteiger partial charge in [0.2, 0.25) is 0 Å². The molecule has 0 saturated carbocycles. The summed E-state index contributed by atoms with van der Waals surface area (Å²) >= 11 is 0. The third-order valence-corrected chi connectivity index (χ3v) is 3.16. The van der Waals surface area contributed by atoms with E-state index in [0.717, 1.165) is 0 Å². The summed E-state index contributed by atoms with van der Waals surface area (Å²) in [6.45, 7) is 6.64. The van der Waals surface area contributed by atoms with Gasteiger partial charge in [-0.2, -0.15) is 0 Å². The average Bonchev–Trinajstić information content (AvgIpc) is 2.48. The number of hydrogen-bond acceptors (Lipinski definition) is 3. The molecule has 0 amide bonds. The molecule has 2 aromatic rings. The van der Waals surface area contributed by atoms with Gasteiger partial charge in [-0.25, -0.2) is 4.79 Å². The van der Waals surface area contributed by atoms with Crippen LogP contribution in [0.25, 0.3) is 0 Å². The Kier molecular flexibility index (Phi) is 4.99. The molecule has 0 N–H and O–H groups in total. The molecule has 0 saturated heterocycles. The second kappa shape index (κ2) is 6.93. The van der Waals surface area contributed by atoms with Gasteiger partial charge in [0, 0.05) is 0 Å². The van der Waals surface area contributed by atoms with Gasteiger partial charge >= 0.3 is 5.97 Å². The van der Waals surface area contributed by atoms with Gasteiger partial charge in [0.05, 0.1) is 6.61 Å². The summed E-state index contributed by atoms with van der Waals surface area (Å²) in [5, 5.41) is 0. The number of rotatable bonds is 5. The Hall–Kier alpha value is -2.29. The van der Waals surface area contributed by atoms with Crippen LogP contribution in [0.2, 0.25) is 0 Å². The third-order valence-electron chi connectivity index (χ3n) is 3.16. The molecule has 0 aliphatic rings. The summed E-state index contributed by atoms with van der Waals surface area (Å²) in [6.07, 6.45) is 0. The van der Waals surface area contributed by atoms with Crippen molar-refractivity contribution in [1.29, 1.82) is 0 Å². The van der Waals surface area contributed by atoms with Crippen LogP contribution in [-0.4, -0.2) is 12.6 Å². The zero-order chi connectivity index (χ0) is 15.2. The molecule has 0 heterocycles. The molecule has 2 rings (SSSR count). The van der Waals surface area contributed by atoms with E-state index in [0.29, 0.717) is 29.6 Å². The predicted octanol–water partition coefficient (Wildman–Crippen LogP) is 4.43. The van der Waals surface area contributed by atoms with Gasteiger partial charge in [-0.05, 0) is 42.7 Å². The third kappa shape index (κ3) is 3.85. The summed E-state index contributed by atoms with van der Waals surface area (Å²) < 4.78 is 10.8. The van der Waals surface area contributed by atoms with Gasteiger partial charge in [0.1, 0.15) is 17.1 Å². The number of carbonyl (C=O) groups is 1. The van der Waals surface area contributed by atoms with E-state index in [1.165, 1.54) is 5.56 Å². The van der Waals surface area contributed by atoms with Crippen LogP contribution in [0.3, 0.4) is 0 Å². The minimum Gasteiger partial charge on any atom is -0.493 e. The van der Waals surface area contributed by atoms with Crippen LogP contribution in [0.15, 0.2) is 48.5 Å². The van der Waals surface area contributed by atoms with E-state index < -0.39 is 5.97 Å². The van der Waals surface area contributed by atoms with E-state index >= 15 is 0 Å². The molecule has 3 nitrogen and oxygen atoms in total. The van der Waals surface area contributed by atoms with Crippen molar-refractivity contribution in [2.45, 2.75) is 26.7 Å². The van der Waals surface area contributed by atoms with Crippen LogP contribution in [0.4, 0.5) is 0 Å². The molecule has 0 aliphatic carbocycles. The predicted molar refractivity (Wildman–Crippen MR) is 83.1 cm³/mol. The molecule has 0 fully saturated rings. The molecule has 0 spiro atoms. The zero-order valence-corrected chi connectivity index (χ0v) is 12.6. The highest BCUT2D eigenvalue weighted by molar-refractivity contribution is 5.93. The van der Waals surface area contributed by atoms with E-state index in [1.807, 2.05) is 37.3 Å². The molecule has 0 atom stereocenters. The smallest absolute Gasteiger partial charge is 0.347 e. The molecule has 3 heteroatoms. The Morgan fingerprint density at radius 3 is 2.33 bits per heavy atom. The van der Waals surface area contributed by atoms with Crippen molar-refractivity contribution in [1.82, 2.24) is 0 Å². The topological polar surface area (TPSA) is 35.5 Å². The number of para-hydroxylation sites is 1. The summed E-state index contributed by atoms with van der Waals surface area (Å²) in [5.41, 5.74) is 1.65. The number of esters is 1. The van der Waals surface area contributed by atoms with Gasteiger partial charge in [-0.3, -0.25) is 0 Å². The maximum absolute atomic E-state index is 12.2. The Labute approximate surface area is 125 Å². The minimum absolute atomic E-state index is 0.406. The molecule has 0 radical (unpaired) electrons. The van der Waals surface area contributed by atoms with E-state index in [9.17, 15) is 4.79 Å². The van der Waals surface area contributed by atoms with Gasteiger partial charge in [0.25, 0.3) is 0 Å². The standard InChI is InChI=1S/C18H20O3/c1-4-20-17-8-6-5-7-16(17)18(19)21-15-11-9-14(10-12-15)13(2)3/h5-13H,4H2,1-3H3. The van der Waals surface area contributed by atoms with Crippen LogP contribution in [0.5, 0.6) is 11.5 Å². The zero-order valence-electron chi connectivity index (χ0n) is 12.6. The first-order chi connectivity index (χ1) is 10.1. The highest BCUT2D eigenvalue weighted by Crippen LogP contribution is 2.22. The fourth-order valence-corrected chi connectivity index (χ4v) is 2.00. The Balaban J connectivity index is 2.14. The molecule has 21 heavy (non-hydrogen) atoms. The van der Waals surface area contributed by atoms with Crippen LogP contribution in [-0.2, 0) is 0 Å². The number of hydrogen-bond donors (Lipinski definition) is 0. The second-order valence-corrected chi connectivity index (χ2v) is 5.04. The van der Waals surface area contributed by atoms with Crippen molar-refractivity contribution in [3.05, 3.63) is 59.7 Å². The van der Waals surface area contributed by atoms with Crippen molar-refractivity contribution in [2.24, 2.45) is 0 Å². The quantitative estimate of drug-likeness (QED) is 0.602. The Bertz CT molecular complexity index is 600. The van der Waals surface area contributed by atoms with Crippen LogP contribution in [0.1, 0.15) is 42.6 Å². The molecular weight excluding hydrogens is 264 g/mol. The van der Waals surface area contributed by atoms with Crippen molar-refractivity contribution in [2.75, 3.05) is 6.61 Å². The van der Waals surface area contributed by atoms with Crippen molar-refractivity contribution < 1.29 is 14.3 Å². The molecule has 2 aromatic carbocycles. The fourth-order valence-electron chi connectivity index (χ4n) is 2.00. The SMILES string of the molecule is CCOc1ccccc1C(=O)Oc1ccc(C(C)C)cc1. The average molecular weight is 284 g/mol. The lowest BCUT2D eigenvalue weighted by atomic mass is 10.0. The molecule has 110 valence electrons. The first kappa shape index (κ1) is 15.1. The maximum Gasteiger partial charge on any atom is 0.347 e. The maximum atomic E-state index is 12.2. The summed E-state index contributed by atoms with van der Waals surface area (Å²) in [6, 6.07) is 14.7. The Morgan fingerprint density at radius 2 is 1.71 bits per heavy atom. The van der Waals surface area contributed by atoms with E-state index in [2.05, 4.69) is 13.8 Å². The lowest BCUT2D eigenvalue weighted by Crippen LogP contribution is -2.10. The largest absolute Gasteiger partial charge is 0.493 e. The highest BCUT2D eigenvalue weighted by atomic mass is 16.5. The summed E-state index contributed by atoms with van der Waals surface area (Å²) in [5.74, 6) is 1.13. The van der Waals surface area contributed by atoms with Gasteiger partial charge in [-0.15, -0.1) is 0 Å². The van der Waals surface area contributed by atoms with Crippen LogP contribution in [0, 0.1) is 0 Å². The molecule has 0 unspecified atom stereocenters. The van der Waals surface area contributed by atoms with Crippen molar-refractivity contribution in [3.8, 4) is 11.5 Å². The first-order valence-electron chi connectivity index (χ1n) is 7.15. The highest BCUT2D eigenvalue weighted by Gasteiger charge is 2.14. The number of ether oxygens (including phenoxy) is 2. The number of carbonyl (C=O) groups excluding carboxylic acids is 1. The molecular formula is C18H20O3. The first-order valence-corrected chi connectivity index (χ1v) is 7.15. The summed E-state index contributed by atoms with van der Waals surface area (Å²) in [7, 11) is 0. The summed E-state index contributed by atoms with van der Waals surface area (Å²) in [4.78, 5) is 12.2. The monoisotopic (exact) mass is 284 g/mol. The normalized spacial score (nSPS) is 10.5. The fraction of sp³-hybridized carbons (Fsp3) is 0.278. The molecule has 0 aliphatic heterocycles. The van der Waals surface area contributed by atoms with Gasteiger partial charge < -0.3 is 9.47 Å².